The number of Topliss-reactive ketones (excluding diaryl/α,β-unsaturated/α-hetero) is 1. The van der Waals surface area contributed by atoms with Crippen LogP contribution in [-0.2, 0) is 16.1 Å². The van der Waals surface area contributed by atoms with Gasteiger partial charge in [0.1, 0.15) is 0 Å². The van der Waals surface area contributed by atoms with Crippen LogP contribution in [-0.4, -0.2) is 28.1 Å². The van der Waals surface area contributed by atoms with Gasteiger partial charge in [-0.25, -0.2) is 0 Å². The average molecular weight is 204 g/mol. The number of aromatic nitrogens is 1. The van der Waals surface area contributed by atoms with Crippen LogP contribution in [0.3, 0.4) is 0 Å². The molecule has 1 aliphatic rings. The van der Waals surface area contributed by atoms with Crippen LogP contribution in [0.2, 0.25) is 0 Å². The topological polar surface area (TPSA) is 50.3 Å². The molecule has 1 aromatic heterocycles. The fourth-order valence-electron chi connectivity index (χ4n) is 1.66. The predicted octanol–water partition coefficient (Wildman–Crippen LogP) is 0.691. The molecule has 0 bridgehead atoms. The Morgan fingerprint density at radius 1 is 1.40 bits per heavy atom. The molecule has 2 heterocycles. The van der Waals surface area contributed by atoms with Crippen LogP contribution >= 0.6 is 0 Å². The van der Waals surface area contributed by atoms with Crippen LogP contribution in [0.25, 0.3) is 0 Å². The quantitative estimate of drug-likeness (QED) is 0.666. The summed E-state index contributed by atoms with van der Waals surface area (Å²) in [4.78, 5) is 28.2. The van der Waals surface area contributed by atoms with Gasteiger partial charge in [-0.1, -0.05) is 6.07 Å². The maximum atomic E-state index is 11.4. The van der Waals surface area contributed by atoms with E-state index in [1.54, 1.807) is 4.90 Å². The summed E-state index contributed by atoms with van der Waals surface area (Å²) in [7, 11) is 0. The van der Waals surface area contributed by atoms with Gasteiger partial charge in [0.2, 0.25) is 5.91 Å². The van der Waals surface area contributed by atoms with Gasteiger partial charge in [0.05, 0.1) is 25.2 Å². The van der Waals surface area contributed by atoms with Crippen molar-refractivity contribution in [3.8, 4) is 0 Å². The van der Waals surface area contributed by atoms with Gasteiger partial charge >= 0.3 is 0 Å². The van der Waals surface area contributed by atoms with Crippen molar-refractivity contribution in [3.63, 3.8) is 0 Å². The summed E-state index contributed by atoms with van der Waals surface area (Å²) in [6, 6.07) is 5.67. The van der Waals surface area contributed by atoms with E-state index in [-0.39, 0.29) is 24.7 Å². The summed E-state index contributed by atoms with van der Waals surface area (Å²) in [5.41, 5.74) is 1.75. The molecule has 1 amide bonds. The van der Waals surface area contributed by atoms with E-state index in [9.17, 15) is 9.59 Å². The molecule has 78 valence electrons. The van der Waals surface area contributed by atoms with Crippen LogP contribution in [0, 0.1) is 6.92 Å². The molecule has 2 rings (SSSR count). The van der Waals surface area contributed by atoms with Gasteiger partial charge in [-0.05, 0) is 19.1 Å². The molecule has 0 aliphatic carbocycles. The first-order valence-corrected chi connectivity index (χ1v) is 4.87. The lowest BCUT2D eigenvalue weighted by molar-refractivity contribution is -0.128. The third-order valence-corrected chi connectivity index (χ3v) is 2.37. The van der Waals surface area contributed by atoms with E-state index in [2.05, 4.69) is 4.98 Å². The Hall–Kier alpha value is -1.71. The molecule has 1 saturated heterocycles. The van der Waals surface area contributed by atoms with Gasteiger partial charge in [-0.15, -0.1) is 0 Å². The fraction of sp³-hybridized carbons (Fsp3) is 0.364. The van der Waals surface area contributed by atoms with Crippen molar-refractivity contribution in [2.75, 3.05) is 6.54 Å². The van der Waals surface area contributed by atoms with E-state index in [0.29, 0.717) is 6.54 Å². The minimum absolute atomic E-state index is 0.00680. The average Bonchev–Trinajstić information content (AvgIpc) is 2.45. The third kappa shape index (κ3) is 2.21. The van der Waals surface area contributed by atoms with Gasteiger partial charge in [0.25, 0.3) is 0 Å². The molecule has 0 saturated carbocycles. The zero-order chi connectivity index (χ0) is 10.8. The molecule has 1 aliphatic heterocycles. The van der Waals surface area contributed by atoms with Crippen molar-refractivity contribution in [1.29, 1.82) is 0 Å². The lowest BCUT2D eigenvalue weighted by atomic mass is 10.3. The highest BCUT2D eigenvalue weighted by Crippen LogP contribution is 2.10. The Bertz CT molecular complexity index is 415. The van der Waals surface area contributed by atoms with E-state index in [0.717, 1.165) is 11.4 Å². The second kappa shape index (κ2) is 3.81. The van der Waals surface area contributed by atoms with Crippen molar-refractivity contribution in [3.05, 3.63) is 29.6 Å². The van der Waals surface area contributed by atoms with Crippen molar-refractivity contribution in [2.45, 2.75) is 19.9 Å². The molecule has 0 aromatic carbocycles. The second-order valence-corrected chi connectivity index (χ2v) is 3.74. The Kier molecular flexibility index (Phi) is 2.49. The van der Waals surface area contributed by atoms with Crippen molar-refractivity contribution < 1.29 is 9.59 Å². The third-order valence-electron chi connectivity index (χ3n) is 2.37. The summed E-state index contributed by atoms with van der Waals surface area (Å²) in [5, 5.41) is 0. The first-order valence-electron chi connectivity index (χ1n) is 4.87. The number of carbonyl (C=O) groups is 2. The SMILES string of the molecule is Cc1cccc(CN2CC(=O)CC2=O)n1. The van der Waals surface area contributed by atoms with E-state index >= 15 is 0 Å². The summed E-state index contributed by atoms with van der Waals surface area (Å²) in [5.74, 6) is -0.101. The standard InChI is InChI=1S/C11H12N2O2/c1-8-3-2-4-9(12-8)6-13-7-10(14)5-11(13)15/h2-4H,5-7H2,1H3. The second-order valence-electron chi connectivity index (χ2n) is 3.74. The van der Waals surface area contributed by atoms with Gasteiger partial charge in [-0.2, -0.15) is 0 Å². The summed E-state index contributed by atoms with van der Waals surface area (Å²) < 4.78 is 0. The van der Waals surface area contributed by atoms with E-state index in [1.807, 2.05) is 25.1 Å². The highest BCUT2D eigenvalue weighted by molar-refractivity contribution is 6.05. The first kappa shape index (κ1) is 9.83. The number of aryl methyl sites for hydroxylation is 1. The fourth-order valence-corrected chi connectivity index (χ4v) is 1.66. The summed E-state index contributed by atoms with van der Waals surface area (Å²) in [6.07, 6.45) is 0.0474. The highest BCUT2D eigenvalue weighted by Gasteiger charge is 2.27. The smallest absolute Gasteiger partial charge is 0.230 e. The van der Waals surface area contributed by atoms with Crippen LogP contribution < -0.4 is 0 Å². The molecule has 4 nitrogen and oxygen atoms in total. The molecule has 0 spiro atoms. The Balaban J connectivity index is 2.09. The molecule has 0 N–H and O–H groups in total. The highest BCUT2D eigenvalue weighted by atomic mass is 16.2. The van der Waals surface area contributed by atoms with E-state index < -0.39 is 0 Å². The minimum atomic E-state index is -0.0942. The van der Waals surface area contributed by atoms with Gasteiger partial charge in [0, 0.05) is 5.69 Å². The minimum Gasteiger partial charge on any atom is -0.329 e. The van der Waals surface area contributed by atoms with Crippen LogP contribution in [0.1, 0.15) is 17.8 Å². The van der Waals surface area contributed by atoms with Crippen molar-refractivity contribution >= 4 is 11.7 Å². The summed E-state index contributed by atoms with van der Waals surface area (Å²) in [6.45, 7) is 2.57. The van der Waals surface area contributed by atoms with Gasteiger partial charge in [0.15, 0.2) is 5.78 Å². The number of pyridine rings is 1. The number of likely N-dealkylation sites (tertiary alicyclic amines) is 1. The monoisotopic (exact) mass is 204 g/mol. The number of amides is 1. The first-order chi connectivity index (χ1) is 7.15. The lowest BCUT2D eigenvalue weighted by Crippen LogP contribution is -2.25. The van der Waals surface area contributed by atoms with Crippen LogP contribution in [0.4, 0.5) is 0 Å². The molecular formula is C11H12N2O2. The van der Waals surface area contributed by atoms with Crippen LogP contribution in [0.15, 0.2) is 18.2 Å². The van der Waals surface area contributed by atoms with Gasteiger partial charge < -0.3 is 4.90 Å². The maximum Gasteiger partial charge on any atom is 0.230 e. The van der Waals surface area contributed by atoms with E-state index in [4.69, 9.17) is 0 Å². The molecule has 4 heteroatoms. The molecule has 0 radical (unpaired) electrons. The summed E-state index contributed by atoms with van der Waals surface area (Å²) >= 11 is 0. The number of nitrogens with zero attached hydrogens (tertiary/aromatic N) is 2. The van der Waals surface area contributed by atoms with Crippen molar-refractivity contribution in [1.82, 2.24) is 9.88 Å². The van der Waals surface area contributed by atoms with Gasteiger partial charge in [-0.3, -0.25) is 14.6 Å². The van der Waals surface area contributed by atoms with Crippen LogP contribution in [0.5, 0.6) is 0 Å². The van der Waals surface area contributed by atoms with Crippen molar-refractivity contribution in [2.24, 2.45) is 0 Å². The Morgan fingerprint density at radius 3 is 2.80 bits per heavy atom. The molecule has 1 fully saturated rings. The predicted molar refractivity (Wildman–Crippen MR) is 54.0 cm³/mol. The number of ketones is 1. The number of hydrogen-bond acceptors (Lipinski definition) is 3. The lowest BCUT2D eigenvalue weighted by Gasteiger charge is -2.13. The Morgan fingerprint density at radius 2 is 2.20 bits per heavy atom. The number of rotatable bonds is 2. The maximum absolute atomic E-state index is 11.4. The molecular weight excluding hydrogens is 192 g/mol. The zero-order valence-electron chi connectivity index (χ0n) is 8.56. The Labute approximate surface area is 87.9 Å². The number of hydrogen-bond donors (Lipinski definition) is 0. The molecule has 1 aromatic rings. The molecule has 0 atom stereocenters. The molecule has 0 unspecified atom stereocenters. The molecule has 15 heavy (non-hydrogen) atoms. The largest absolute Gasteiger partial charge is 0.329 e. The number of carbonyl (C=O) groups excluding carboxylic acids is 2. The van der Waals surface area contributed by atoms with E-state index in [1.165, 1.54) is 0 Å². The normalized spacial score (nSPS) is 16.2. The zero-order valence-corrected chi connectivity index (χ0v) is 8.56.